The highest BCUT2D eigenvalue weighted by Crippen LogP contribution is 2.35. The van der Waals surface area contributed by atoms with E-state index in [1.54, 1.807) is 24.7 Å². The molecule has 0 saturated heterocycles. The Morgan fingerprint density at radius 1 is 1.19 bits per heavy atom. The Hall–Kier alpha value is -3.81. The number of aliphatic carboxylic acids is 1. The second-order valence-electron chi connectivity index (χ2n) is 7.24. The van der Waals surface area contributed by atoms with Crippen LogP contribution in [-0.2, 0) is 4.79 Å². The van der Waals surface area contributed by atoms with E-state index < -0.39 is 5.97 Å². The molecule has 0 fully saturated rings. The maximum Gasteiger partial charge on any atom is 0.305 e. The van der Waals surface area contributed by atoms with Crippen molar-refractivity contribution in [3.05, 3.63) is 72.7 Å². The lowest BCUT2D eigenvalue weighted by atomic mass is 10.1. The zero-order valence-electron chi connectivity index (χ0n) is 17.1. The van der Waals surface area contributed by atoms with Crippen LogP contribution in [0.4, 0.5) is 17.2 Å². The van der Waals surface area contributed by atoms with Gasteiger partial charge in [0, 0.05) is 43.4 Å². The highest BCUT2D eigenvalue weighted by Gasteiger charge is 2.20. The number of pyridine rings is 2. The minimum atomic E-state index is -0.873. The zero-order valence-corrected chi connectivity index (χ0v) is 17.1. The Balaban J connectivity index is 1.44. The van der Waals surface area contributed by atoms with Crippen LogP contribution in [0.25, 0.3) is 0 Å². The average molecular weight is 419 g/mol. The average Bonchev–Trinajstić information content (AvgIpc) is 2.80. The van der Waals surface area contributed by atoms with Crippen LogP contribution >= 0.6 is 0 Å². The molecule has 0 spiro atoms. The summed E-state index contributed by atoms with van der Waals surface area (Å²) in [6, 6.07) is 15.0. The number of aromatic nitrogens is 2. The Morgan fingerprint density at radius 2 is 2.13 bits per heavy atom. The molecule has 3 N–H and O–H groups in total. The molecule has 0 bridgehead atoms. The maximum atomic E-state index is 11.3. The third-order valence-electron chi connectivity index (χ3n) is 5.08. The van der Waals surface area contributed by atoms with Gasteiger partial charge in [-0.15, -0.1) is 0 Å². The molecule has 31 heavy (non-hydrogen) atoms. The second kappa shape index (κ2) is 9.80. The Morgan fingerprint density at radius 3 is 2.90 bits per heavy atom. The molecule has 0 saturated carbocycles. The molecule has 8 heteroatoms. The number of carbonyl (C=O) groups is 1. The molecule has 1 unspecified atom stereocenters. The van der Waals surface area contributed by atoms with Gasteiger partial charge in [0.25, 0.3) is 0 Å². The van der Waals surface area contributed by atoms with Gasteiger partial charge in [0.15, 0.2) is 0 Å². The van der Waals surface area contributed by atoms with Gasteiger partial charge in [0.05, 0.1) is 24.7 Å². The summed E-state index contributed by atoms with van der Waals surface area (Å²) in [7, 11) is 0. The van der Waals surface area contributed by atoms with Crippen LogP contribution in [-0.4, -0.2) is 47.3 Å². The van der Waals surface area contributed by atoms with Gasteiger partial charge in [-0.3, -0.25) is 9.78 Å². The van der Waals surface area contributed by atoms with Gasteiger partial charge in [0.2, 0.25) is 0 Å². The molecule has 8 nitrogen and oxygen atoms in total. The number of hydrogen-bond donors (Lipinski definition) is 3. The normalized spacial score (nSPS) is 13.6. The molecule has 160 valence electrons. The number of hydrogen-bond acceptors (Lipinski definition) is 7. The van der Waals surface area contributed by atoms with Crippen LogP contribution in [0.2, 0.25) is 0 Å². The molecule has 1 aliphatic rings. The topological polar surface area (TPSA) is 99.6 Å². The van der Waals surface area contributed by atoms with Crippen LogP contribution in [0.3, 0.4) is 0 Å². The largest absolute Gasteiger partial charge is 0.489 e. The van der Waals surface area contributed by atoms with E-state index in [0.29, 0.717) is 6.61 Å². The lowest BCUT2D eigenvalue weighted by Crippen LogP contribution is -2.36. The first-order valence-electron chi connectivity index (χ1n) is 10.2. The van der Waals surface area contributed by atoms with Crippen LogP contribution in [0.5, 0.6) is 5.75 Å². The van der Waals surface area contributed by atoms with E-state index in [4.69, 9.17) is 4.74 Å². The Labute approximate surface area is 180 Å². The van der Waals surface area contributed by atoms with Crippen molar-refractivity contribution in [2.45, 2.75) is 12.5 Å². The smallest absolute Gasteiger partial charge is 0.305 e. The van der Waals surface area contributed by atoms with Gasteiger partial charge in [-0.05, 0) is 35.9 Å². The number of carboxylic acids is 1. The number of anilines is 3. The fraction of sp³-hybridized carbons (Fsp3) is 0.261. The third-order valence-corrected chi connectivity index (χ3v) is 5.08. The van der Waals surface area contributed by atoms with E-state index in [9.17, 15) is 9.90 Å². The van der Waals surface area contributed by atoms with Crippen molar-refractivity contribution in [3.63, 3.8) is 0 Å². The van der Waals surface area contributed by atoms with Gasteiger partial charge in [-0.1, -0.05) is 12.1 Å². The first-order valence-corrected chi connectivity index (χ1v) is 10.2. The Bertz CT molecular complexity index is 1000. The quantitative estimate of drug-likeness (QED) is 0.485. The minimum Gasteiger partial charge on any atom is -0.489 e. The molecule has 0 amide bonds. The summed E-state index contributed by atoms with van der Waals surface area (Å²) in [5.74, 6) is 0.770. The number of nitrogens with one attached hydrogen (secondary N) is 2. The zero-order chi connectivity index (χ0) is 21.5. The van der Waals surface area contributed by atoms with E-state index in [-0.39, 0.29) is 12.5 Å². The predicted octanol–water partition coefficient (Wildman–Crippen LogP) is 3.42. The number of ether oxygens (including phenoxy) is 1. The van der Waals surface area contributed by atoms with Crippen molar-refractivity contribution in [1.82, 2.24) is 9.97 Å². The lowest BCUT2D eigenvalue weighted by Gasteiger charge is -2.32. The molecule has 1 aliphatic heterocycles. The molecule has 1 atom stereocenters. The van der Waals surface area contributed by atoms with E-state index in [1.807, 2.05) is 42.5 Å². The van der Waals surface area contributed by atoms with E-state index in [0.717, 1.165) is 48.1 Å². The van der Waals surface area contributed by atoms with E-state index >= 15 is 0 Å². The van der Waals surface area contributed by atoms with Gasteiger partial charge < -0.3 is 25.4 Å². The Kier molecular flexibility index (Phi) is 6.47. The summed E-state index contributed by atoms with van der Waals surface area (Å²) in [5, 5.41) is 16.0. The van der Waals surface area contributed by atoms with Crippen molar-refractivity contribution in [2.24, 2.45) is 0 Å². The number of benzene rings is 1. The summed E-state index contributed by atoms with van der Waals surface area (Å²) in [4.78, 5) is 22.0. The first kappa shape index (κ1) is 20.5. The van der Waals surface area contributed by atoms with E-state index in [2.05, 4.69) is 25.5 Å². The van der Waals surface area contributed by atoms with E-state index in [1.165, 1.54) is 0 Å². The summed E-state index contributed by atoms with van der Waals surface area (Å²) in [5.41, 5.74) is 2.66. The SMILES string of the molecule is O=C(O)CC(Nc1ccc2c(c1)OCCN2CCNc1ccccn1)c1cccnc1. The predicted molar refractivity (Wildman–Crippen MR) is 120 cm³/mol. The van der Waals surface area contributed by atoms with Crippen LogP contribution in [0.1, 0.15) is 18.0 Å². The molecule has 3 aromatic rings. The van der Waals surface area contributed by atoms with Crippen molar-refractivity contribution >= 4 is 23.2 Å². The maximum absolute atomic E-state index is 11.3. The van der Waals surface area contributed by atoms with Crippen molar-refractivity contribution in [1.29, 1.82) is 0 Å². The minimum absolute atomic E-state index is 0.0467. The molecule has 1 aromatic carbocycles. The summed E-state index contributed by atoms with van der Waals surface area (Å²) in [6.07, 6.45) is 5.08. The van der Waals surface area contributed by atoms with Crippen molar-refractivity contribution < 1.29 is 14.6 Å². The van der Waals surface area contributed by atoms with Gasteiger partial charge in [0.1, 0.15) is 18.2 Å². The second-order valence-corrected chi connectivity index (χ2v) is 7.24. The number of carboxylic acid groups (broad SMARTS) is 1. The summed E-state index contributed by atoms with van der Waals surface area (Å²) >= 11 is 0. The van der Waals surface area contributed by atoms with Crippen LogP contribution in [0.15, 0.2) is 67.1 Å². The summed E-state index contributed by atoms with van der Waals surface area (Å²) < 4.78 is 5.88. The van der Waals surface area contributed by atoms with Crippen molar-refractivity contribution in [3.8, 4) is 5.75 Å². The number of nitrogens with zero attached hydrogens (tertiary/aromatic N) is 3. The fourth-order valence-corrected chi connectivity index (χ4v) is 3.60. The van der Waals surface area contributed by atoms with Crippen LogP contribution in [0, 0.1) is 0 Å². The summed E-state index contributed by atoms with van der Waals surface area (Å²) in [6.45, 7) is 2.98. The molecule has 4 rings (SSSR count). The highest BCUT2D eigenvalue weighted by molar-refractivity contribution is 5.70. The highest BCUT2D eigenvalue weighted by atomic mass is 16.5. The standard InChI is InChI=1S/C23H25N5O3/c29-23(30)15-19(17-4-3-8-24-16-17)27-18-6-7-20-21(14-18)31-13-12-28(20)11-10-26-22-5-1-2-9-25-22/h1-9,14,16,19,27H,10-13,15H2,(H,25,26)(H,29,30). The fourth-order valence-electron chi connectivity index (χ4n) is 3.60. The van der Waals surface area contributed by atoms with Gasteiger partial charge >= 0.3 is 5.97 Å². The molecule has 2 aromatic heterocycles. The lowest BCUT2D eigenvalue weighted by molar-refractivity contribution is -0.137. The molecular weight excluding hydrogens is 394 g/mol. The third kappa shape index (κ3) is 5.42. The molecular formula is C23H25N5O3. The first-order chi connectivity index (χ1) is 15.2. The van der Waals surface area contributed by atoms with Gasteiger partial charge in [-0.25, -0.2) is 4.98 Å². The van der Waals surface area contributed by atoms with Gasteiger partial charge in [-0.2, -0.15) is 0 Å². The molecule has 0 aliphatic carbocycles. The van der Waals surface area contributed by atoms with Crippen molar-refractivity contribution in [2.75, 3.05) is 41.8 Å². The molecule has 3 heterocycles. The van der Waals surface area contributed by atoms with Crippen LogP contribution < -0.4 is 20.3 Å². The number of rotatable bonds is 9. The number of fused-ring (bicyclic) bond motifs is 1. The monoisotopic (exact) mass is 419 g/mol. The molecule has 0 radical (unpaired) electrons.